The molecule has 0 amide bonds. The Morgan fingerprint density at radius 1 is 1.23 bits per heavy atom. The molecule has 1 aliphatic heterocycles. The van der Waals surface area contributed by atoms with Crippen molar-refractivity contribution in [2.45, 2.75) is 45.8 Å². The average Bonchev–Trinajstić information content (AvgIpc) is 3.06. The third kappa shape index (κ3) is 6.81. The van der Waals surface area contributed by atoms with Crippen molar-refractivity contribution in [2.75, 3.05) is 46.5 Å². The number of fused-ring (bicyclic) bond motifs is 1. The third-order valence-corrected chi connectivity index (χ3v) is 5.35. The van der Waals surface area contributed by atoms with E-state index in [0.29, 0.717) is 6.10 Å². The lowest BCUT2D eigenvalue weighted by Gasteiger charge is -2.34. The van der Waals surface area contributed by atoms with E-state index in [1.54, 1.807) is 7.11 Å². The number of imidazole rings is 1. The molecule has 30 heavy (non-hydrogen) atoms. The molecule has 1 aliphatic rings. The maximum atomic E-state index is 5.98. The van der Waals surface area contributed by atoms with Crippen molar-refractivity contribution in [1.29, 1.82) is 0 Å². The Morgan fingerprint density at radius 3 is 2.73 bits per heavy atom. The number of hydrogen-bond donors (Lipinski definition) is 1. The lowest BCUT2D eigenvalue weighted by molar-refractivity contribution is 0.00990. The van der Waals surface area contributed by atoms with Crippen molar-refractivity contribution in [1.82, 2.24) is 19.8 Å². The van der Waals surface area contributed by atoms with Gasteiger partial charge in [-0.05, 0) is 45.2 Å². The Kier molecular flexibility index (Phi) is 10.9. The first kappa shape index (κ1) is 24.9. The second-order valence-electron chi connectivity index (χ2n) is 7.44. The van der Waals surface area contributed by atoms with Crippen LogP contribution in [0.3, 0.4) is 0 Å². The summed E-state index contributed by atoms with van der Waals surface area (Å²) in [6.07, 6.45) is 3.40. The number of aliphatic imine (C=N–C) groups is 1. The number of ether oxygens (including phenoxy) is 2. The van der Waals surface area contributed by atoms with Gasteiger partial charge in [-0.2, -0.15) is 0 Å². The molecule has 0 radical (unpaired) electrons. The number of aromatic nitrogens is 2. The summed E-state index contributed by atoms with van der Waals surface area (Å²) < 4.78 is 13.3. The number of likely N-dealkylation sites (tertiary alicyclic amines) is 1. The number of hydrogen-bond acceptors (Lipinski definition) is 4. The second kappa shape index (κ2) is 13.1. The molecular formula is C22H36IN5O2. The molecule has 0 saturated carbocycles. The second-order valence-corrected chi connectivity index (χ2v) is 7.44. The van der Waals surface area contributed by atoms with Crippen LogP contribution in [-0.4, -0.2) is 73.0 Å². The van der Waals surface area contributed by atoms with E-state index >= 15 is 0 Å². The molecule has 1 N–H and O–H groups in total. The van der Waals surface area contributed by atoms with Gasteiger partial charge in [0, 0.05) is 46.5 Å². The van der Waals surface area contributed by atoms with Gasteiger partial charge in [0.25, 0.3) is 0 Å². The van der Waals surface area contributed by atoms with Crippen molar-refractivity contribution in [2.24, 2.45) is 4.99 Å². The molecule has 1 aromatic carbocycles. The number of nitrogens with one attached hydrogen (secondary N) is 1. The Hall–Kier alpha value is -1.39. The number of guanidine groups is 1. The molecule has 0 unspecified atom stereocenters. The number of halogens is 1. The molecule has 1 aromatic heterocycles. The Morgan fingerprint density at radius 2 is 2.00 bits per heavy atom. The SMILES string of the molecule is CCNC(=NCCn1c(C)nc2ccccc21)N1CCC(OCCCOC)CC1.I. The molecule has 0 aliphatic carbocycles. The highest BCUT2D eigenvalue weighted by Gasteiger charge is 2.21. The largest absolute Gasteiger partial charge is 0.385 e. The molecule has 1 saturated heterocycles. The quantitative estimate of drug-likeness (QED) is 0.234. The predicted molar refractivity (Wildman–Crippen MR) is 133 cm³/mol. The zero-order valence-electron chi connectivity index (χ0n) is 18.5. The smallest absolute Gasteiger partial charge is 0.193 e. The van der Waals surface area contributed by atoms with Crippen molar-refractivity contribution < 1.29 is 9.47 Å². The average molecular weight is 529 g/mol. The van der Waals surface area contributed by atoms with Gasteiger partial charge in [0.15, 0.2) is 5.96 Å². The normalized spacial score (nSPS) is 15.4. The minimum absolute atomic E-state index is 0. The molecule has 3 rings (SSSR count). The first-order valence-electron chi connectivity index (χ1n) is 10.8. The molecule has 0 atom stereocenters. The van der Waals surface area contributed by atoms with E-state index in [9.17, 15) is 0 Å². The minimum atomic E-state index is 0. The van der Waals surface area contributed by atoms with E-state index in [0.717, 1.165) is 82.5 Å². The number of aryl methyl sites for hydroxylation is 1. The van der Waals surface area contributed by atoms with Gasteiger partial charge in [-0.25, -0.2) is 4.98 Å². The van der Waals surface area contributed by atoms with Gasteiger partial charge >= 0.3 is 0 Å². The molecule has 0 bridgehead atoms. The zero-order valence-corrected chi connectivity index (χ0v) is 20.8. The zero-order chi connectivity index (χ0) is 20.5. The van der Waals surface area contributed by atoms with Gasteiger partial charge in [-0.1, -0.05) is 12.1 Å². The van der Waals surface area contributed by atoms with Crippen molar-refractivity contribution in [3.05, 3.63) is 30.1 Å². The van der Waals surface area contributed by atoms with Crippen LogP contribution in [0.5, 0.6) is 0 Å². The first-order chi connectivity index (χ1) is 14.2. The predicted octanol–water partition coefficient (Wildman–Crippen LogP) is 3.45. The van der Waals surface area contributed by atoms with Crippen LogP contribution in [0, 0.1) is 6.92 Å². The maximum absolute atomic E-state index is 5.98. The molecule has 2 aromatic rings. The highest BCUT2D eigenvalue weighted by molar-refractivity contribution is 14.0. The Balaban J connectivity index is 0.00000320. The monoisotopic (exact) mass is 529 g/mol. The molecule has 7 nitrogen and oxygen atoms in total. The summed E-state index contributed by atoms with van der Waals surface area (Å²) in [5.74, 6) is 2.05. The highest BCUT2D eigenvalue weighted by atomic mass is 127. The van der Waals surface area contributed by atoms with Crippen molar-refractivity contribution in [3.63, 3.8) is 0 Å². The molecule has 2 heterocycles. The minimum Gasteiger partial charge on any atom is -0.385 e. The third-order valence-electron chi connectivity index (χ3n) is 5.35. The fraction of sp³-hybridized carbons (Fsp3) is 0.636. The van der Waals surface area contributed by atoms with E-state index in [4.69, 9.17) is 14.5 Å². The van der Waals surface area contributed by atoms with E-state index < -0.39 is 0 Å². The van der Waals surface area contributed by atoms with Gasteiger partial charge in [0.1, 0.15) is 5.82 Å². The number of nitrogens with zero attached hydrogens (tertiary/aromatic N) is 4. The van der Waals surface area contributed by atoms with Crippen LogP contribution in [0.4, 0.5) is 0 Å². The summed E-state index contributed by atoms with van der Waals surface area (Å²) in [6.45, 7) is 10.1. The van der Waals surface area contributed by atoms with Crippen molar-refractivity contribution in [3.8, 4) is 0 Å². The molecule has 8 heteroatoms. The summed E-state index contributed by atoms with van der Waals surface area (Å²) in [4.78, 5) is 11.9. The lowest BCUT2D eigenvalue weighted by atomic mass is 10.1. The van der Waals surface area contributed by atoms with Crippen LogP contribution >= 0.6 is 24.0 Å². The van der Waals surface area contributed by atoms with Gasteiger partial charge in [0.2, 0.25) is 0 Å². The standard InChI is InChI=1S/C22H35N5O2.HI/c1-4-23-22(26-13-10-19(11-14-26)29-17-7-16-28-3)24-12-15-27-18(2)25-20-8-5-6-9-21(20)27;/h5-6,8-9,19H,4,7,10-17H2,1-3H3,(H,23,24);1H. The fourth-order valence-corrected chi connectivity index (χ4v) is 3.85. The molecule has 1 fully saturated rings. The van der Waals surface area contributed by atoms with E-state index in [1.807, 2.05) is 6.07 Å². The number of piperidine rings is 1. The summed E-state index contributed by atoms with van der Waals surface area (Å²) >= 11 is 0. The summed E-state index contributed by atoms with van der Waals surface area (Å²) in [6, 6.07) is 8.29. The van der Waals surface area contributed by atoms with Crippen LogP contribution < -0.4 is 5.32 Å². The number of benzene rings is 1. The summed E-state index contributed by atoms with van der Waals surface area (Å²) in [7, 11) is 1.73. The topological polar surface area (TPSA) is 63.9 Å². The highest BCUT2D eigenvalue weighted by Crippen LogP contribution is 2.16. The van der Waals surface area contributed by atoms with E-state index in [2.05, 4.69) is 51.8 Å². The molecular weight excluding hydrogens is 493 g/mol. The Bertz CT molecular complexity index is 787. The van der Waals surface area contributed by atoms with E-state index in [1.165, 1.54) is 5.52 Å². The first-order valence-corrected chi connectivity index (χ1v) is 10.8. The number of para-hydroxylation sites is 2. The molecule has 168 valence electrons. The van der Waals surface area contributed by atoms with Crippen LogP contribution in [0.15, 0.2) is 29.3 Å². The van der Waals surface area contributed by atoms with Crippen LogP contribution in [0.25, 0.3) is 11.0 Å². The Labute approximate surface area is 197 Å². The maximum Gasteiger partial charge on any atom is 0.193 e. The van der Waals surface area contributed by atoms with Crippen LogP contribution in [0.2, 0.25) is 0 Å². The van der Waals surface area contributed by atoms with Crippen LogP contribution in [-0.2, 0) is 16.0 Å². The van der Waals surface area contributed by atoms with Crippen LogP contribution in [0.1, 0.15) is 32.0 Å². The van der Waals surface area contributed by atoms with Gasteiger partial charge in [-0.3, -0.25) is 4.99 Å². The van der Waals surface area contributed by atoms with Crippen molar-refractivity contribution >= 4 is 41.0 Å². The summed E-state index contributed by atoms with van der Waals surface area (Å²) in [5, 5.41) is 3.45. The number of rotatable bonds is 9. The number of methoxy groups -OCH3 is 1. The lowest BCUT2D eigenvalue weighted by Crippen LogP contribution is -2.47. The molecule has 0 spiro atoms. The van der Waals surface area contributed by atoms with Gasteiger partial charge < -0.3 is 24.3 Å². The van der Waals surface area contributed by atoms with Gasteiger partial charge in [0.05, 0.1) is 23.7 Å². The van der Waals surface area contributed by atoms with Gasteiger partial charge in [-0.15, -0.1) is 24.0 Å². The summed E-state index contributed by atoms with van der Waals surface area (Å²) in [5.41, 5.74) is 2.23. The fourth-order valence-electron chi connectivity index (χ4n) is 3.85. The van der Waals surface area contributed by atoms with E-state index in [-0.39, 0.29) is 24.0 Å².